The van der Waals surface area contributed by atoms with Gasteiger partial charge in [-0.15, -0.1) is 0 Å². The Morgan fingerprint density at radius 2 is 1.86 bits per heavy atom. The summed E-state index contributed by atoms with van der Waals surface area (Å²) in [7, 11) is 0. The molecule has 1 amide bonds. The lowest BCUT2D eigenvalue weighted by Crippen LogP contribution is -2.28. The second-order valence-corrected chi connectivity index (χ2v) is 7.45. The van der Waals surface area contributed by atoms with Crippen molar-refractivity contribution in [3.8, 4) is 11.3 Å². The van der Waals surface area contributed by atoms with E-state index >= 15 is 0 Å². The Bertz CT molecular complexity index is 1180. The second-order valence-electron chi connectivity index (χ2n) is 7.45. The number of aromatic nitrogens is 3. The number of nitrogens with zero attached hydrogens (tertiary/aromatic N) is 3. The number of carbonyl (C=O) groups excluding carboxylic acids is 1. The fourth-order valence-corrected chi connectivity index (χ4v) is 3.62. The van der Waals surface area contributed by atoms with Crippen LogP contribution in [0.5, 0.6) is 0 Å². The number of benzene rings is 2. The maximum Gasteiger partial charge on any atom is 0.241 e. The minimum absolute atomic E-state index is 0.0247. The van der Waals surface area contributed by atoms with E-state index in [2.05, 4.69) is 60.5 Å². The Kier molecular flexibility index (Phi) is 5.30. The van der Waals surface area contributed by atoms with Gasteiger partial charge in [-0.25, -0.2) is 0 Å². The van der Waals surface area contributed by atoms with Crippen molar-refractivity contribution < 1.29 is 4.79 Å². The summed E-state index contributed by atoms with van der Waals surface area (Å²) in [4.78, 5) is 17.2. The van der Waals surface area contributed by atoms with Gasteiger partial charge in [0, 0.05) is 29.1 Å². The number of amides is 1. The third-order valence-electron chi connectivity index (χ3n) is 5.24. The molecule has 29 heavy (non-hydrogen) atoms. The van der Waals surface area contributed by atoms with E-state index < -0.39 is 0 Å². The Morgan fingerprint density at radius 1 is 1.07 bits per heavy atom. The molecule has 0 unspecified atom stereocenters. The topological polar surface area (TPSA) is 59.8 Å². The number of hydrogen-bond donors (Lipinski definition) is 1. The van der Waals surface area contributed by atoms with Gasteiger partial charge in [-0.1, -0.05) is 49.7 Å². The van der Waals surface area contributed by atoms with Crippen molar-refractivity contribution in [2.45, 2.75) is 40.2 Å². The molecule has 0 aliphatic rings. The molecule has 0 saturated carbocycles. The van der Waals surface area contributed by atoms with Gasteiger partial charge < -0.3 is 5.32 Å². The number of carbonyl (C=O) groups is 1. The van der Waals surface area contributed by atoms with Crippen molar-refractivity contribution >= 4 is 27.7 Å². The zero-order valence-electron chi connectivity index (χ0n) is 17.2. The van der Waals surface area contributed by atoms with Crippen LogP contribution in [-0.4, -0.2) is 27.2 Å². The number of nitrogens with one attached hydrogen (secondary N) is 1. The standard InChI is InChI=1S/C24H26N4O/c1-4-12-25-22(29)15-28-24-19-13-17(5-2)8-11-21(19)26-14-20(24)23(27-28)18-9-6-16(3)7-10-18/h6-11,13-14H,4-5,12,15H2,1-3H3,(H,25,29). The van der Waals surface area contributed by atoms with Crippen LogP contribution >= 0.6 is 0 Å². The second kappa shape index (κ2) is 8.03. The van der Waals surface area contributed by atoms with E-state index in [-0.39, 0.29) is 12.5 Å². The molecule has 2 aromatic heterocycles. The summed E-state index contributed by atoms with van der Waals surface area (Å²) in [6, 6.07) is 14.6. The molecule has 0 aliphatic heterocycles. The maximum absolute atomic E-state index is 12.5. The quantitative estimate of drug-likeness (QED) is 0.525. The number of pyridine rings is 1. The zero-order chi connectivity index (χ0) is 20.4. The van der Waals surface area contributed by atoms with Crippen LogP contribution in [-0.2, 0) is 17.8 Å². The van der Waals surface area contributed by atoms with Crippen molar-refractivity contribution in [1.29, 1.82) is 0 Å². The van der Waals surface area contributed by atoms with Crippen LogP contribution in [0.15, 0.2) is 48.7 Å². The molecule has 1 N–H and O–H groups in total. The molecule has 0 aliphatic carbocycles. The summed E-state index contributed by atoms with van der Waals surface area (Å²) < 4.78 is 1.83. The van der Waals surface area contributed by atoms with Gasteiger partial charge in [0.25, 0.3) is 0 Å². The Hall–Kier alpha value is -3.21. The van der Waals surface area contributed by atoms with E-state index in [0.717, 1.165) is 45.9 Å². The largest absolute Gasteiger partial charge is 0.355 e. The summed E-state index contributed by atoms with van der Waals surface area (Å²) in [6.45, 7) is 7.12. The van der Waals surface area contributed by atoms with Crippen molar-refractivity contribution in [2.75, 3.05) is 6.54 Å². The van der Waals surface area contributed by atoms with Gasteiger partial charge in [-0.05, 0) is 37.5 Å². The first kappa shape index (κ1) is 19.1. The van der Waals surface area contributed by atoms with Gasteiger partial charge in [0.15, 0.2) is 0 Å². The van der Waals surface area contributed by atoms with Crippen LogP contribution in [0.2, 0.25) is 0 Å². The fourth-order valence-electron chi connectivity index (χ4n) is 3.62. The van der Waals surface area contributed by atoms with Gasteiger partial charge in [0.1, 0.15) is 12.2 Å². The number of hydrogen-bond acceptors (Lipinski definition) is 3. The van der Waals surface area contributed by atoms with Gasteiger partial charge >= 0.3 is 0 Å². The molecule has 0 fully saturated rings. The molecular formula is C24H26N4O. The highest BCUT2D eigenvalue weighted by molar-refractivity contribution is 6.08. The molecule has 5 nitrogen and oxygen atoms in total. The minimum atomic E-state index is -0.0247. The summed E-state index contributed by atoms with van der Waals surface area (Å²) in [5.74, 6) is -0.0247. The van der Waals surface area contributed by atoms with Crippen molar-refractivity contribution in [3.05, 3.63) is 59.8 Å². The van der Waals surface area contributed by atoms with Crippen LogP contribution in [0, 0.1) is 6.92 Å². The summed E-state index contributed by atoms with van der Waals surface area (Å²) in [5.41, 5.74) is 6.22. The molecule has 4 aromatic rings. The average Bonchev–Trinajstić information content (AvgIpc) is 3.11. The summed E-state index contributed by atoms with van der Waals surface area (Å²) >= 11 is 0. The van der Waals surface area contributed by atoms with E-state index in [0.29, 0.717) is 6.54 Å². The fraction of sp³-hybridized carbons (Fsp3) is 0.292. The van der Waals surface area contributed by atoms with E-state index in [1.165, 1.54) is 11.1 Å². The molecule has 2 heterocycles. The molecule has 0 saturated heterocycles. The van der Waals surface area contributed by atoms with Crippen LogP contribution in [0.25, 0.3) is 33.1 Å². The lowest BCUT2D eigenvalue weighted by Gasteiger charge is -2.07. The van der Waals surface area contributed by atoms with E-state index in [4.69, 9.17) is 5.10 Å². The molecule has 4 rings (SSSR count). The van der Waals surface area contributed by atoms with Crippen molar-refractivity contribution in [1.82, 2.24) is 20.1 Å². The third-order valence-corrected chi connectivity index (χ3v) is 5.24. The lowest BCUT2D eigenvalue weighted by molar-refractivity contribution is -0.121. The predicted molar refractivity (Wildman–Crippen MR) is 118 cm³/mol. The molecule has 5 heteroatoms. The van der Waals surface area contributed by atoms with Gasteiger partial charge in [-0.3, -0.25) is 14.5 Å². The number of rotatable bonds is 6. The molecule has 2 aromatic carbocycles. The molecule has 0 bridgehead atoms. The van der Waals surface area contributed by atoms with E-state index in [1.807, 2.05) is 23.9 Å². The van der Waals surface area contributed by atoms with Crippen molar-refractivity contribution in [2.24, 2.45) is 0 Å². The molecular weight excluding hydrogens is 360 g/mol. The number of aryl methyl sites for hydroxylation is 2. The van der Waals surface area contributed by atoms with Gasteiger partial charge in [-0.2, -0.15) is 5.10 Å². The highest BCUT2D eigenvalue weighted by Crippen LogP contribution is 2.32. The monoisotopic (exact) mass is 386 g/mol. The summed E-state index contributed by atoms with van der Waals surface area (Å²) in [6.07, 6.45) is 3.74. The van der Waals surface area contributed by atoms with Crippen LogP contribution in [0.1, 0.15) is 31.4 Å². The van der Waals surface area contributed by atoms with Gasteiger partial charge in [0.05, 0.1) is 11.0 Å². The van der Waals surface area contributed by atoms with Gasteiger partial charge in [0.2, 0.25) is 5.91 Å². The first-order valence-electron chi connectivity index (χ1n) is 10.2. The highest BCUT2D eigenvalue weighted by atomic mass is 16.2. The van der Waals surface area contributed by atoms with Crippen molar-refractivity contribution in [3.63, 3.8) is 0 Å². The Morgan fingerprint density at radius 3 is 2.59 bits per heavy atom. The first-order valence-corrected chi connectivity index (χ1v) is 10.2. The Labute approximate surface area is 170 Å². The first-order chi connectivity index (χ1) is 14.1. The smallest absolute Gasteiger partial charge is 0.241 e. The maximum atomic E-state index is 12.5. The third kappa shape index (κ3) is 3.73. The lowest BCUT2D eigenvalue weighted by atomic mass is 10.0. The average molecular weight is 386 g/mol. The van der Waals surface area contributed by atoms with E-state index in [1.54, 1.807) is 0 Å². The van der Waals surface area contributed by atoms with E-state index in [9.17, 15) is 4.79 Å². The van der Waals surface area contributed by atoms with Crippen LogP contribution < -0.4 is 5.32 Å². The Balaban J connectivity index is 1.94. The summed E-state index contributed by atoms with van der Waals surface area (Å²) in [5, 5.41) is 9.82. The SMILES string of the molecule is CCCNC(=O)Cn1nc(-c2ccc(C)cc2)c2cnc3ccc(CC)cc3c21. The molecule has 0 radical (unpaired) electrons. The predicted octanol–water partition coefficient (Wildman–Crippen LogP) is 4.65. The van der Waals surface area contributed by atoms with Crippen LogP contribution in [0.3, 0.4) is 0 Å². The molecule has 0 spiro atoms. The molecule has 0 atom stereocenters. The minimum Gasteiger partial charge on any atom is -0.355 e. The highest BCUT2D eigenvalue weighted by Gasteiger charge is 2.17. The zero-order valence-corrected chi connectivity index (χ0v) is 17.2. The normalized spacial score (nSPS) is 11.3. The number of fused-ring (bicyclic) bond motifs is 3. The molecule has 148 valence electrons. The van der Waals surface area contributed by atoms with Crippen LogP contribution in [0.4, 0.5) is 0 Å².